The summed E-state index contributed by atoms with van der Waals surface area (Å²) in [6, 6.07) is 19.5. The van der Waals surface area contributed by atoms with Crippen molar-refractivity contribution in [3.8, 4) is 0 Å². The van der Waals surface area contributed by atoms with E-state index >= 15 is 0 Å². The van der Waals surface area contributed by atoms with Crippen LogP contribution in [-0.2, 0) is 4.57 Å². The molecule has 0 aromatic heterocycles. The van der Waals surface area contributed by atoms with Crippen LogP contribution in [-0.4, -0.2) is 5.54 Å². The van der Waals surface area contributed by atoms with Crippen LogP contribution in [0, 0.1) is 0 Å². The Hall–Kier alpha value is -1.79. The van der Waals surface area contributed by atoms with E-state index < -0.39 is 7.14 Å². The van der Waals surface area contributed by atoms with Crippen molar-refractivity contribution in [3.63, 3.8) is 0 Å². The topological polar surface area (TPSA) is 29.1 Å². The fourth-order valence-electron chi connectivity index (χ4n) is 2.70. The fraction of sp³-hybridized carbons (Fsp3) is 0.300. The van der Waals surface area contributed by atoms with E-state index in [-0.39, 0.29) is 5.54 Å². The Kier molecular flexibility index (Phi) is 5.16. The molecular formula is C20H26NOP. The van der Waals surface area contributed by atoms with Crippen molar-refractivity contribution in [1.82, 2.24) is 5.32 Å². The summed E-state index contributed by atoms with van der Waals surface area (Å²) < 4.78 is 14.1. The molecule has 2 rings (SSSR count). The van der Waals surface area contributed by atoms with E-state index in [1.165, 1.54) is 0 Å². The summed E-state index contributed by atoms with van der Waals surface area (Å²) in [5.74, 6) is 0. The highest BCUT2D eigenvalue weighted by Crippen LogP contribution is 2.52. The van der Waals surface area contributed by atoms with E-state index in [9.17, 15) is 4.57 Å². The van der Waals surface area contributed by atoms with Gasteiger partial charge in [-0.05, 0) is 34.6 Å². The van der Waals surface area contributed by atoms with Crippen LogP contribution in [0.5, 0.6) is 0 Å². The zero-order valence-electron chi connectivity index (χ0n) is 14.6. The van der Waals surface area contributed by atoms with Crippen molar-refractivity contribution in [2.24, 2.45) is 0 Å². The van der Waals surface area contributed by atoms with Crippen molar-refractivity contribution in [2.75, 3.05) is 0 Å². The van der Waals surface area contributed by atoms with Gasteiger partial charge in [0.25, 0.3) is 0 Å². The molecule has 0 aliphatic rings. The van der Waals surface area contributed by atoms with E-state index in [1.807, 2.05) is 74.5 Å². The molecular weight excluding hydrogens is 301 g/mol. The summed E-state index contributed by atoms with van der Waals surface area (Å²) in [5, 5.41) is 6.13. The van der Waals surface area contributed by atoms with Gasteiger partial charge in [0, 0.05) is 27.2 Å². The molecule has 0 bridgehead atoms. The third-order valence-electron chi connectivity index (χ3n) is 3.82. The maximum atomic E-state index is 14.1. The van der Waals surface area contributed by atoms with Crippen LogP contribution in [0.1, 0.15) is 34.6 Å². The molecule has 0 amide bonds. The van der Waals surface area contributed by atoms with Gasteiger partial charge in [0.05, 0.1) is 0 Å². The molecule has 0 radical (unpaired) electrons. The lowest BCUT2D eigenvalue weighted by Gasteiger charge is -2.27. The number of nitrogens with one attached hydrogen (secondary N) is 1. The lowest BCUT2D eigenvalue weighted by atomic mass is 10.1. The molecule has 0 saturated carbocycles. The molecule has 0 atom stereocenters. The molecule has 0 spiro atoms. The van der Waals surface area contributed by atoms with Crippen LogP contribution in [0.4, 0.5) is 0 Å². The molecule has 2 aromatic carbocycles. The minimum absolute atomic E-state index is 0.0659. The first-order valence-corrected chi connectivity index (χ1v) is 9.63. The van der Waals surface area contributed by atoms with Crippen molar-refractivity contribution in [3.05, 3.63) is 71.7 Å². The summed E-state index contributed by atoms with van der Waals surface area (Å²) >= 11 is 0. The molecule has 2 aromatic rings. The summed E-state index contributed by atoms with van der Waals surface area (Å²) in [7, 11) is -2.84. The third kappa shape index (κ3) is 3.95. The van der Waals surface area contributed by atoms with E-state index in [2.05, 4.69) is 26.1 Å². The van der Waals surface area contributed by atoms with E-state index in [4.69, 9.17) is 0 Å². The Morgan fingerprint density at radius 2 is 1.22 bits per heavy atom. The monoisotopic (exact) mass is 327 g/mol. The highest BCUT2D eigenvalue weighted by atomic mass is 31.2. The van der Waals surface area contributed by atoms with Crippen molar-refractivity contribution in [1.29, 1.82) is 0 Å². The Labute approximate surface area is 140 Å². The minimum atomic E-state index is -2.84. The first-order valence-electron chi connectivity index (χ1n) is 7.92. The minimum Gasteiger partial charge on any atom is -0.384 e. The van der Waals surface area contributed by atoms with Crippen LogP contribution in [0.25, 0.3) is 0 Å². The second-order valence-corrected chi connectivity index (χ2v) is 9.79. The smallest absolute Gasteiger partial charge is 0.168 e. The third-order valence-corrected chi connectivity index (χ3v) is 7.15. The fourth-order valence-corrected chi connectivity index (χ4v) is 5.49. The number of hydrogen-bond donors (Lipinski definition) is 1. The van der Waals surface area contributed by atoms with Gasteiger partial charge in [-0.25, -0.2) is 0 Å². The first kappa shape index (κ1) is 17.6. The normalized spacial score (nSPS) is 13.4. The zero-order chi connectivity index (χ0) is 17.1. The largest absolute Gasteiger partial charge is 0.384 e. The predicted molar refractivity (Wildman–Crippen MR) is 101 cm³/mol. The maximum absolute atomic E-state index is 14.1. The summed E-state index contributed by atoms with van der Waals surface area (Å²) in [6.45, 7) is 10.3. The molecule has 0 aliphatic heterocycles. The van der Waals surface area contributed by atoms with Gasteiger partial charge in [-0.2, -0.15) is 0 Å². The summed E-state index contributed by atoms with van der Waals surface area (Å²) in [6.07, 6.45) is 0. The van der Waals surface area contributed by atoms with E-state index in [0.29, 0.717) is 0 Å². The molecule has 0 aliphatic carbocycles. The Balaban J connectivity index is 2.65. The second kappa shape index (κ2) is 6.76. The first-order chi connectivity index (χ1) is 10.7. The number of rotatable bonds is 4. The van der Waals surface area contributed by atoms with Crippen molar-refractivity contribution >= 4 is 17.8 Å². The number of benzene rings is 2. The molecule has 1 N–H and O–H groups in total. The van der Waals surface area contributed by atoms with Gasteiger partial charge in [0.1, 0.15) is 0 Å². The summed E-state index contributed by atoms with van der Waals surface area (Å²) in [4.78, 5) is 0. The van der Waals surface area contributed by atoms with Crippen LogP contribution in [0.15, 0.2) is 71.7 Å². The molecule has 0 fully saturated rings. The van der Waals surface area contributed by atoms with E-state index in [0.717, 1.165) is 21.6 Å². The van der Waals surface area contributed by atoms with Crippen LogP contribution in [0.3, 0.4) is 0 Å². The standard InChI is InChI=1S/C20H26NOP/c1-16(21-20(3,4)5)17(2)23(22,18-12-8-6-9-13-18)19-14-10-7-11-15-19/h6-15,21H,1-5H3/b17-16-. The average Bonchev–Trinajstić information content (AvgIpc) is 2.53. The highest BCUT2D eigenvalue weighted by molar-refractivity contribution is 7.82. The molecule has 23 heavy (non-hydrogen) atoms. The van der Waals surface area contributed by atoms with Crippen LogP contribution < -0.4 is 15.9 Å². The molecule has 0 saturated heterocycles. The lowest BCUT2D eigenvalue weighted by Crippen LogP contribution is -2.35. The molecule has 0 heterocycles. The molecule has 122 valence electrons. The Morgan fingerprint density at radius 3 is 1.57 bits per heavy atom. The van der Waals surface area contributed by atoms with Gasteiger partial charge in [0.2, 0.25) is 0 Å². The van der Waals surface area contributed by atoms with Crippen LogP contribution >= 0.6 is 7.14 Å². The van der Waals surface area contributed by atoms with Crippen LogP contribution in [0.2, 0.25) is 0 Å². The quantitative estimate of drug-likeness (QED) is 0.829. The van der Waals surface area contributed by atoms with Gasteiger partial charge in [-0.3, -0.25) is 0 Å². The number of allylic oxidation sites excluding steroid dienone is 2. The Bertz CT molecular complexity index is 684. The average molecular weight is 327 g/mol. The maximum Gasteiger partial charge on any atom is 0.168 e. The lowest BCUT2D eigenvalue weighted by molar-refractivity contribution is 0.472. The second-order valence-electron chi connectivity index (χ2n) is 6.87. The molecule has 3 heteroatoms. The van der Waals surface area contributed by atoms with Crippen molar-refractivity contribution < 1.29 is 4.57 Å². The van der Waals surface area contributed by atoms with Gasteiger partial charge >= 0.3 is 0 Å². The van der Waals surface area contributed by atoms with Gasteiger partial charge < -0.3 is 9.88 Å². The van der Waals surface area contributed by atoms with Gasteiger partial charge in [0.15, 0.2) is 7.14 Å². The van der Waals surface area contributed by atoms with Gasteiger partial charge in [-0.15, -0.1) is 0 Å². The number of hydrogen-bond acceptors (Lipinski definition) is 2. The predicted octanol–water partition coefficient (Wildman–Crippen LogP) is 4.64. The van der Waals surface area contributed by atoms with Gasteiger partial charge in [-0.1, -0.05) is 60.7 Å². The molecule has 0 unspecified atom stereocenters. The summed E-state index contributed by atoms with van der Waals surface area (Å²) in [5.41, 5.74) is 0.914. The highest BCUT2D eigenvalue weighted by Gasteiger charge is 2.31. The zero-order valence-corrected chi connectivity index (χ0v) is 15.5. The Morgan fingerprint density at radius 1 is 0.826 bits per heavy atom. The van der Waals surface area contributed by atoms with E-state index in [1.54, 1.807) is 0 Å². The SMILES string of the molecule is C/C(NC(C)(C)C)=C(\C)P(=O)(c1ccccc1)c1ccccc1. The van der Waals surface area contributed by atoms with Crippen molar-refractivity contribution in [2.45, 2.75) is 40.2 Å². The molecule has 2 nitrogen and oxygen atoms in total.